The van der Waals surface area contributed by atoms with E-state index in [1.165, 1.54) is 6.92 Å². The van der Waals surface area contributed by atoms with Gasteiger partial charge in [0, 0.05) is 38.3 Å². The van der Waals surface area contributed by atoms with E-state index in [-0.39, 0.29) is 29.0 Å². The van der Waals surface area contributed by atoms with Gasteiger partial charge in [-0.25, -0.2) is 4.39 Å². The van der Waals surface area contributed by atoms with Crippen molar-refractivity contribution in [1.82, 2.24) is 15.1 Å². The molecular weight excluding hydrogens is 487 g/mol. The summed E-state index contributed by atoms with van der Waals surface area (Å²) in [6.45, 7) is 1.70. The van der Waals surface area contributed by atoms with E-state index in [1.54, 1.807) is 0 Å². The second-order valence-electron chi connectivity index (χ2n) is 7.00. The largest absolute Gasteiger partial charge is 0.459 e. The van der Waals surface area contributed by atoms with Crippen molar-refractivity contribution in [3.8, 4) is 0 Å². The van der Waals surface area contributed by atoms with Crippen LogP contribution in [0.4, 0.5) is 45.2 Å². The Kier molecular flexibility index (Phi) is 7.28. The van der Waals surface area contributed by atoms with Crippen LogP contribution in [0.3, 0.4) is 0 Å². The molecule has 0 saturated carbocycles. The molecule has 0 atom stereocenters. The maximum Gasteiger partial charge on any atom is 0.459 e. The highest BCUT2D eigenvalue weighted by molar-refractivity contribution is 6.06. The number of hydrogen-bond acceptors (Lipinski definition) is 3. The van der Waals surface area contributed by atoms with Gasteiger partial charge >= 0.3 is 18.3 Å². The molecule has 0 radical (unpaired) electrons. The van der Waals surface area contributed by atoms with Crippen LogP contribution in [-0.2, 0) is 30.5 Å². The minimum atomic E-state index is -6.41. The Morgan fingerprint density at radius 1 is 1.09 bits per heavy atom. The van der Waals surface area contributed by atoms with Crippen molar-refractivity contribution in [2.24, 2.45) is 7.05 Å². The number of benzene rings is 1. The van der Waals surface area contributed by atoms with E-state index in [4.69, 9.17) is 0 Å². The van der Waals surface area contributed by atoms with E-state index in [1.807, 2.05) is 0 Å². The molecule has 0 saturated heterocycles. The van der Waals surface area contributed by atoms with Gasteiger partial charge in [0.2, 0.25) is 5.91 Å². The van der Waals surface area contributed by atoms with E-state index in [0.29, 0.717) is 11.9 Å². The molecule has 6 nitrogen and oxygen atoms in total. The average molecular weight is 504 g/mol. The topological polar surface area (TPSA) is 67.2 Å². The van der Waals surface area contributed by atoms with E-state index in [9.17, 15) is 49.1 Å². The number of rotatable bonds is 6. The van der Waals surface area contributed by atoms with E-state index in [2.05, 4.69) is 10.4 Å². The van der Waals surface area contributed by atoms with Gasteiger partial charge in [0.25, 0.3) is 5.91 Å². The lowest BCUT2D eigenvalue weighted by atomic mass is 10.1. The molecule has 0 aliphatic heterocycles. The Morgan fingerprint density at radius 3 is 2.15 bits per heavy atom. The van der Waals surface area contributed by atoms with Crippen LogP contribution in [-0.4, -0.2) is 34.3 Å². The van der Waals surface area contributed by atoms with Crippen LogP contribution in [0.5, 0.6) is 0 Å². The first-order valence-corrected chi connectivity index (χ1v) is 9.37. The summed E-state index contributed by atoms with van der Waals surface area (Å²) in [6.07, 6.45) is -12.2. The molecule has 1 aromatic carbocycles. The molecule has 0 bridgehead atoms. The molecule has 34 heavy (non-hydrogen) atoms. The summed E-state index contributed by atoms with van der Waals surface area (Å²) >= 11 is 0. The van der Waals surface area contributed by atoms with Gasteiger partial charge in [-0.3, -0.25) is 14.3 Å². The van der Waals surface area contributed by atoms with Crippen molar-refractivity contribution >= 4 is 17.5 Å². The van der Waals surface area contributed by atoms with Gasteiger partial charge < -0.3 is 10.2 Å². The molecular formula is C19H17F9N4O2. The normalized spacial score (nSPS) is 12.6. The second kappa shape index (κ2) is 9.18. The smallest absolute Gasteiger partial charge is 0.352 e. The first-order chi connectivity index (χ1) is 15.4. The minimum absolute atomic E-state index is 0.00938. The summed E-state index contributed by atoms with van der Waals surface area (Å²) in [6, 6.07) is 2.85. The van der Waals surface area contributed by atoms with Gasteiger partial charge in [-0.1, -0.05) is 0 Å². The number of alkyl halides is 8. The summed E-state index contributed by atoms with van der Waals surface area (Å²) in [5.41, 5.74) is -7.14. The Bertz CT molecular complexity index is 1090. The van der Waals surface area contributed by atoms with Crippen molar-refractivity contribution in [1.29, 1.82) is 0 Å². The van der Waals surface area contributed by atoms with Gasteiger partial charge in [0.05, 0.1) is 0 Å². The van der Waals surface area contributed by atoms with Crippen LogP contribution >= 0.6 is 0 Å². The van der Waals surface area contributed by atoms with Crippen molar-refractivity contribution in [3.63, 3.8) is 0 Å². The van der Waals surface area contributed by atoms with Crippen molar-refractivity contribution in [2.45, 2.75) is 38.7 Å². The maximum atomic E-state index is 14.0. The third kappa shape index (κ3) is 5.12. The minimum Gasteiger partial charge on any atom is -0.352 e. The molecule has 2 rings (SSSR count). The molecule has 1 aromatic heterocycles. The van der Waals surface area contributed by atoms with Crippen LogP contribution in [0.15, 0.2) is 18.2 Å². The highest BCUT2D eigenvalue weighted by Crippen LogP contribution is 2.48. The number of hydrogen-bond donors (Lipinski definition) is 1. The van der Waals surface area contributed by atoms with E-state index < -0.39 is 52.9 Å². The molecule has 0 fully saturated rings. The van der Waals surface area contributed by atoms with Crippen LogP contribution < -0.4 is 10.2 Å². The van der Waals surface area contributed by atoms with Crippen molar-refractivity contribution < 1.29 is 49.1 Å². The van der Waals surface area contributed by atoms with Crippen LogP contribution in [0.25, 0.3) is 0 Å². The summed E-state index contributed by atoms with van der Waals surface area (Å²) in [7, 11) is 0.610. The lowest BCUT2D eigenvalue weighted by Crippen LogP contribution is -2.37. The highest BCUT2D eigenvalue weighted by atomic mass is 19.4. The van der Waals surface area contributed by atoms with Crippen LogP contribution in [0.1, 0.15) is 41.2 Å². The predicted octanol–water partition coefficient (Wildman–Crippen LogP) is 4.53. The Morgan fingerprint density at radius 2 is 1.68 bits per heavy atom. The number of carbonyl (C=O) groups is 2. The molecule has 1 heterocycles. The predicted molar refractivity (Wildman–Crippen MR) is 99.4 cm³/mol. The third-order valence-corrected chi connectivity index (χ3v) is 4.62. The third-order valence-electron chi connectivity index (χ3n) is 4.62. The molecule has 188 valence electrons. The number of nitrogens with zero attached hydrogens (tertiary/aromatic N) is 3. The first kappa shape index (κ1) is 27.0. The van der Waals surface area contributed by atoms with Crippen LogP contribution in [0, 0.1) is 5.82 Å². The summed E-state index contributed by atoms with van der Waals surface area (Å²) in [4.78, 5) is 24.7. The highest BCUT2D eigenvalue weighted by Gasteiger charge is 2.64. The molecule has 2 amide bonds. The number of halogens is 9. The first-order valence-electron chi connectivity index (χ1n) is 9.37. The molecule has 15 heteroatoms. The van der Waals surface area contributed by atoms with Gasteiger partial charge in [0.1, 0.15) is 17.1 Å². The Balaban J connectivity index is 2.67. The van der Waals surface area contributed by atoms with Gasteiger partial charge in [-0.15, -0.1) is 0 Å². The lowest BCUT2D eigenvalue weighted by molar-refractivity contribution is -0.292. The fourth-order valence-corrected chi connectivity index (χ4v) is 3.05. The fourth-order valence-electron chi connectivity index (χ4n) is 3.05. The quantitative estimate of drug-likeness (QED) is 0.588. The summed E-state index contributed by atoms with van der Waals surface area (Å²) in [5.74, 6) is -8.97. The monoisotopic (exact) mass is 504 g/mol. The average Bonchev–Trinajstić information content (AvgIpc) is 3.06. The number of aromatic nitrogens is 2. The molecule has 0 aliphatic carbocycles. The number of carbonyl (C=O) groups excluding carboxylic acids is 2. The number of anilines is 1. The van der Waals surface area contributed by atoms with Gasteiger partial charge in [-0.2, -0.15) is 40.2 Å². The van der Waals surface area contributed by atoms with E-state index in [0.717, 1.165) is 25.1 Å². The van der Waals surface area contributed by atoms with Crippen LogP contribution in [0.2, 0.25) is 0 Å². The summed E-state index contributed by atoms with van der Waals surface area (Å²) in [5, 5.41) is 4.98. The number of nitrogens with one attached hydrogen (secondary N) is 1. The SMILES string of the molecule is CCN(C(=O)c1c(C(F)(F)F)c(C(F)(F)C(F)(F)F)nn1C)c1ccc(F)c(CNC(C)=O)c1. The molecule has 0 unspecified atom stereocenters. The van der Waals surface area contributed by atoms with Crippen molar-refractivity contribution in [2.75, 3.05) is 11.4 Å². The maximum absolute atomic E-state index is 14.0. The lowest BCUT2D eigenvalue weighted by Gasteiger charge is -2.23. The van der Waals surface area contributed by atoms with Gasteiger partial charge in [0.15, 0.2) is 5.69 Å². The van der Waals surface area contributed by atoms with Gasteiger partial charge in [-0.05, 0) is 25.1 Å². The standard InChI is InChI=1S/C19H17F9N4O2/c1-4-32(11-5-6-12(20)10(7-11)8-29-9(2)33)16(34)14-13(18(23,24)25)15(30-31(14)3)17(21,22)19(26,27)28/h5-7H,4,8H2,1-3H3,(H,29,33). The number of amides is 2. The van der Waals surface area contributed by atoms with E-state index >= 15 is 0 Å². The molecule has 2 aromatic rings. The summed E-state index contributed by atoms with van der Waals surface area (Å²) < 4.78 is 121. The Labute approximate surface area is 186 Å². The molecule has 0 aliphatic rings. The molecule has 1 N–H and O–H groups in total. The fraction of sp³-hybridized carbons (Fsp3) is 0.421. The zero-order chi connectivity index (χ0) is 26.2. The molecule has 0 spiro atoms. The zero-order valence-corrected chi connectivity index (χ0v) is 17.7. The zero-order valence-electron chi connectivity index (χ0n) is 17.7. The number of aryl methyl sites for hydroxylation is 1. The Hall–Kier alpha value is -3.26. The second-order valence-corrected chi connectivity index (χ2v) is 7.00. The van der Waals surface area contributed by atoms with Crippen molar-refractivity contribution in [3.05, 3.63) is 46.5 Å².